The van der Waals surface area contributed by atoms with Crippen LogP contribution in [-0.2, 0) is 36.6 Å². The largest absolute Gasteiger partial charge is 0.364 e. The number of aryl methyl sites for hydroxylation is 1. The molecule has 33 heavy (non-hydrogen) atoms. The fourth-order valence-corrected chi connectivity index (χ4v) is 5.55. The van der Waals surface area contributed by atoms with Gasteiger partial charge in [-0.1, -0.05) is 18.2 Å². The minimum Gasteiger partial charge on any atom is -0.364 e. The van der Waals surface area contributed by atoms with Crippen LogP contribution >= 0.6 is 0 Å². The van der Waals surface area contributed by atoms with Gasteiger partial charge in [0.05, 0.1) is 36.0 Å². The Hall–Kier alpha value is -3.22. The molecule has 0 spiro atoms. The monoisotopic (exact) mass is 467 g/mol. The van der Waals surface area contributed by atoms with Gasteiger partial charge in [-0.15, -0.1) is 0 Å². The number of nitriles is 1. The summed E-state index contributed by atoms with van der Waals surface area (Å²) in [6.07, 6.45) is 3.95. The smallest absolute Gasteiger partial charge is 0.214 e. The van der Waals surface area contributed by atoms with Gasteiger partial charge in [0.15, 0.2) is 0 Å². The van der Waals surface area contributed by atoms with Crippen molar-refractivity contribution in [2.75, 3.05) is 17.2 Å². The summed E-state index contributed by atoms with van der Waals surface area (Å²) >= 11 is 0. The number of sulfonamides is 1. The molecular formula is C24H26FN5O2S. The molecule has 0 aliphatic carbocycles. The quantitative estimate of drug-likeness (QED) is 0.533. The van der Waals surface area contributed by atoms with E-state index in [4.69, 9.17) is 0 Å². The van der Waals surface area contributed by atoms with Crippen molar-refractivity contribution in [2.24, 2.45) is 7.05 Å². The summed E-state index contributed by atoms with van der Waals surface area (Å²) in [7, 11) is -1.72. The molecule has 0 amide bonds. The van der Waals surface area contributed by atoms with E-state index < -0.39 is 21.9 Å². The summed E-state index contributed by atoms with van der Waals surface area (Å²) in [6.45, 7) is 2.53. The van der Waals surface area contributed by atoms with Crippen LogP contribution in [0.15, 0.2) is 55.0 Å². The van der Waals surface area contributed by atoms with Gasteiger partial charge in [-0.05, 0) is 43.2 Å². The number of nitrogens with zero attached hydrogens (tertiary/aromatic N) is 5. The van der Waals surface area contributed by atoms with E-state index in [2.05, 4.69) is 16.0 Å². The first-order chi connectivity index (χ1) is 15.8. The Morgan fingerprint density at radius 2 is 2.06 bits per heavy atom. The number of anilines is 1. The summed E-state index contributed by atoms with van der Waals surface area (Å²) in [6, 6.07) is 13.5. The van der Waals surface area contributed by atoms with Crippen molar-refractivity contribution in [3.63, 3.8) is 0 Å². The van der Waals surface area contributed by atoms with Crippen molar-refractivity contribution in [1.82, 2.24) is 13.9 Å². The predicted molar refractivity (Wildman–Crippen MR) is 124 cm³/mol. The Balaban J connectivity index is 1.74. The van der Waals surface area contributed by atoms with Gasteiger partial charge >= 0.3 is 0 Å². The van der Waals surface area contributed by atoms with E-state index in [1.54, 1.807) is 43.7 Å². The number of hydrogen-bond donors (Lipinski definition) is 0. The zero-order valence-electron chi connectivity index (χ0n) is 18.6. The highest BCUT2D eigenvalue weighted by Crippen LogP contribution is 2.33. The second-order valence-corrected chi connectivity index (χ2v) is 10.4. The molecule has 7 nitrogen and oxygen atoms in total. The highest BCUT2D eigenvalue weighted by molar-refractivity contribution is 7.89. The van der Waals surface area contributed by atoms with Crippen molar-refractivity contribution in [2.45, 2.75) is 32.5 Å². The molecule has 0 N–H and O–H groups in total. The number of benzene rings is 2. The molecule has 2 heterocycles. The second kappa shape index (κ2) is 9.33. The van der Waals surface area contributed by atoms with E-state index in [1.807, 2.05) is 23.7 Å². The lowest BCUT2D eigenvalue weighted by Crippen LogP contribution is -2.50. The lowest BCUT2D eigenvalue weighted by Gasteiger charge is -2.41. The van der Waals surface area contributed by atoms with Crippen LogP contribution < -0.4 is 4.90 Å². The van der Waals surface area contributed by atoms with Gasteiger partial charge < -0.3 is 9.47 Å². The highest BCUT2D eigenvalue weighted by Gasteiger charge is 2.35. The molecule has 0 saturated carbocycles. The van der Waals surface area contributed by atoms with Crippen molar-refractivity contribution in [3.8, 4) is 6.07 Å². The molecule has 1 unspecified atom stereocenters. The zero-order chi connectivity index (χ0) is 23.6. The van der Waals surface area contributed by atoms with Crippen molar-refractivity contribution < 1.29 is 12.8 Å². The third-order valence-corrected chi connectivity index (χ3v) is 7.99. The maximum absolute atomic E-state index is 14.4. The van der Waals surface area contributed by atoms with Gasteiger partial charge in [0.25, 0.3) is 0 Å². The molecule has 4 rings (SSSR count). The van der Waals surface area contributed by atoms with Crippen molar-refractivity contribution in [1.29, 1.82) is 5.26 Å². The maximum Gasteiger partial charge on any atom is 0.214 e. The third-order valence-electron chi connectivity index (χ3n) is 6.12. The normalized spacial score (nSPS) is 16.0. The van der Waals surface area contributed by atoms with Crippen LogP contribution in [0.1, 0.15) is 29.3 Å². The van der Waals surface area contributed by atoms with Crippen LogP contribution in [0.3, 0.4) is 0 Å². The van der Waals surface area contributed by atoms with Gasteiger partial charge in [0, 0.05) is 43.6 Å². The summed E-state index contributed by atoms with van der Waals surface area (Å²) in [5.41, 5.74) is 3.70. The molecule has 0 bridgehead atoms. The average Bonchev–Trinajstić information content (AvgIpc) is 3.22. The Kier molecular flexibility index (Phi) is 6.49. The van der Waals surface area contributed by atoms with Crippen molar-refractivity contribution >= 4 is 15.7 Å². The van der Waals surface area contributed by atoms with Crippen LogP contribution in [0.4, 0.5) is 10.1 Å². The standard InChI is InChI=1S/C24H26FN5O2S/c1-3-33(31,32)30(14-19-6-4-5-7-23(19)25)21-11-20-10-18(12-26)8-9-24(20)29(15-21)16-22-13-27-17-28(22)2/h4-10,13,17,21H,3,11,14-16H2,1-2H3. The van der Waals surface area contributed by atoms with Crippen molar-refractivity contribution in [3.05, 3.63) is 83.2 Å². The first-order valence-electron chi connectivity index (χ1n) is 10.8. The lowest BCUT2D eigenvalue weighted by molar-refractivity contribution is 0.299. The number of aromatic nitrogens is 2. The molecule has 2 aromatic carbocycles. The van der Waals surface area contributed by atoms with E-state index in [0.29, 0.717) is 30.6 Å². The molecule has 1 aliphatic rings. The predicted octanol–water partition coefficient (Wildman–Crippen LogP) is 3.21. The van der Waals surface area contributed by atoms with Gasteiger partial charge in [-0.3, -0.25) is 0 Å². The van der Waals surface area contributed by atoms with E-state index in [9.17, 15) is 18.1 Å². The van der Waals surface area contributed by atoms with E-state index in [-0.39, 0.29) is 12.3 Å². The third kappa shape index (κ3) is 4.77. The number of hydrogen-bond acceptors (Lipinski definition) is 5. The van der Waals surface area contributed by atoms with E-state index in [0.717, 1.165) is 16.9 Å². The molecule has 3 aromatic rings. The van der Waals surface area contributed by atoms with E-state index in [1.165, 1.54) is 10.4 Å². The molecular weight excluding hydrogens is 441 g/mol. The van der Waals surface area contributed by atoms with Gasteiger partial charge in [-0.2, -0.15) is 9.57 Å². The van der Waals surface area contributed by atoms with E-state index >= 15 is 0 Å². The van der Waals surface area contributed by atoms with Gasteiger partial charge in [-0.25, -0.2) is 17.8 Å². The average molecular weight is 468 g/mol. The second-order valence-electron chi connectivity index (χ2n) is 8.23. The molecule has 0 fully saturated rings. The van der Waals surface area contributed by atoms with Gasteiger partial charge in [0.1, 0.15) is 5.82 Å². The highest BCUT2D eigenvalue weighted by atomic mass is 32.2. The van der Waals surface area contributed by atoms with Crippen LogP contribution in [0, 0.1) is 17.1 Å². The molecule has 0 radical (unpaired) electrons. The SMILES string of the molecule is CCS(=O)(=O)N(Cc1ccccc1F)C1Cc2cc(C#N)ccc2N(Cc2cncn2C)C1. The Bertz CT molecular complexity index is 1300. The summed E-state index contributed by atoms with van der Waals surface area (Å²) < 4.78 is 44.1. The summed E-state index contributed by atoms with van der Waals surface area (Å²) in [4.78, 5) is 6.30. The van der Waals surface area contributed by atoms with Gasteiger partial charge in [0.2, 0.25) is 10.0 Å². The first-order valence-corrected chi connectivity index (χ1v) is 12.4. The molecule has 9 heteroatoms. The Labute approximate surface area is 193 Å². The van der Waals surface area contributed by atoms with Crippen LogP contribution in [0.2, 0.25) is 0 Å². The minimum atomic E-state index is -3.63. The zero-order valence-corrected chi connectivity index (χ0v) is 19.5. The fourth-order valence-electron chi connectivity index (χ4n) is 4.29. The number of imidazole rings is 1. The fraction of sp³-hybridized carbons (Fsp3) is 0.333. The molecule has 1 atom stereocenters. The first kappa shape index (κ1) is 23.0. The Morgan fingerprint density at radius 1 is 1.27 bits per heavy atom. The molecule has 0 saturated heterocycles. The number of fused-ring (bicyclic) bond motifs is 1. The minimum absolute atomic E-state index is 0.0413. The van der Waals surface area contributed by atoms with Crippen LogP contribution in [-0.4, -0.2) is 40.6 Å². The van der Waals surface area contributed by atoms with Crippen LogP contribution in [0.5, 0.6) is 0 Å². The number of rotatable bonds is 7. The number of halogens is 1. The topological polar surface area (TPSA) is 82.2 Å². The molecule has 172 valence electrons. The molecule has 1 aromatic heterocycles. The summed E-state index contributed by atoms with van der Waals surface area (Å²) in [5, 5.41) is 9.39. The lowest BCUT2D eigenvalue weighted by atomic mass is 9.95. The summed E-state index contributed by atoms with van der Waals surface area (Å²) in [5.74, 6) is -0.506. The Morgan fingerprint density at radius 3 is 2.73 bits per heavy atom. The molecule has 1 aliphatic heterocycles. The maximum atomic E-state index is 14.4. The van der Waals surface area contributed by atoms with Crippen LogP contribution in [0.25, 0.3) is 0 Å².